The molecule has 0 aliphatic rings. The molecule has 0 fully saturated rings. The van der Waals surface area contributed by atoms with Gasteiger partial charge in [0.2, 0.25) is 11.8 Å². The van der Waals surface area contributed by atoms with Crippen molar-refractivity contribution in [3.8, 4) is 0 Å². The molecule has 0 aliphatic heterocycles. The number of aromatic nitrogens is 5. The fourth-order valence-corrected chi connectivity index (χ4v) is 1.45. The van der Waals surface area contributed by atoms with E-state index in [1.807, 2.05) is 6.20 Å². The summed E-state index contributed by atoms with van der Waals surface area (Å²) in [4.78, 5) is 0. The van der Waals surface area contributed by atoms with Gasteiger partial charge >= 0.3 is 0 Å². The predicted molar refractivity (Wildman–Crippen MR) is 57.2 cm³/mol. The molecule has 0 unspecified atom stereocenters. The van der Waals surface area contributed by atoms with E-state index in [0.29, 0.717) is 24.2 Å². The summed E-state index contributed by atoms with van der Waals surface area (Å²) in [6.07, 6.45) is 3.61. The van der Waals surface area contributed by atoms with Gasteiger partial charge < -0.3 is 4.42 Å². The Morgan fingerprint density at radius 1 is 1.38 bits per heavy atom. The topological polar surface area (TPSA) is 69.6 Å². The van der Waals surface area contributed by atoms with Crippen LogP contribution in [-0.2, 0) is 13.0 Å². The zero-order chi connectivity index (χ0) is 11.4. The van der Waals surface area contributed by atoms with Crippen molar-refractivity contribution in [2.45, 2.75) is 26.3 Å². The van der Waals surface area contributed by atoms with Crippen LogP contribution in [0.15, 0.2) is 10.6 Å². The highest BCUT2D eigenvalue weighted by atomic mass is 35.5. The van der Waals surface area contributed by atoms with Gasteiger partial charge in [0.05, 0.1) is 5.69 Å². The van der Waals surface area contributed by atoms with Crippen LogP contribution in [0.25, 0.3) is 0 Å². The van der Waals surface area contributed by atoms with Crippen LogP contribution in [-0.4, -0.2) is 31.1 Å². The van der Waals surface area contributed by atoms with Gasteiger partial charge in [0.15, 0.2) is 0 Å². The van der Waals surface area contributed by atoms with Crippen molar-refractivity contribution in [3.63, 3.8) is 0 Å². The van der Waals surface area contributed by atoms with Gasteiger partial charge in [-0.1, -0.05) is 5.21 Å². The highest BCUT2D eigenvalue weighted by molar-refractivity contribution is 6.17. The highest BCUT2D eigenvalue weighted by Crippen LogP contribution is 2.03. The molecule has 0 saturated heterocycles. The Morgan fingerprint density at radius 2 is 2.25 bits per heavy atom. The minimum atomic E-state index is 0.453. The summed E-state index contributed by atoms with van der Waals surface area (Å²) in [6.45, 7) is 2.21. The van der Waals surface area contributed by atoms with Crippen molar-refractivity contribution in [1.29, 1.82) is 0 Å². The maximum absolute atomic E-state index is 5.60. The lowest BCUT2D eigenvalue weighted by Gasteiger charge is -1.93. The Balaban J connectivity index is 1.97. The SMILES string of the molecule is Cc1nnc(Cn2cc(CCCCl)nn2)o1. The summed E-state index contributed by atoms with van der Waals surface area (Å²) < 4.78 is 6.92. The van der Waals surface area contributed by atoms with Gasteiger partial charge in [0.25, 0.3) is 0 Å². The minimum absolute atomic E-state index is 0.453. The molecule has 6 nitrogen and oxygen atoms in total. The number of alkyl halides is 1. The van der Waals surface area contributed by atoms with Gasteiger partial charge in [-0.3, -0.25) is 0 Å². The molecule has 2 aromatic rings. The number of hydrogen-bond donors (Lipinski definition) is 0. The third-order valence-electron chi connectivity index (χ3n) is 2.02. The second-order valence-electron chi connectivity index (χ2n) is 3.41. The lowest BCUT2D eigenvalue weighted by Crippen LogP contribution is -2.00. The largest absolute Gasteiger partial charge is 0.424 e. The Hall–Kier alpha value is -1.43. The molecular weight excluding hydrogens is 230 g/mol. The molecule has 2 aromatic heterocycles. The Kier molecular flexibility index (Phi) is 3.51. The second kappa shape index (κ2) is 5.07. The maximum Gasteiger partial charge on any atom is 0.237 e. The van der Waals surface area contributed by atoms with Crippen molar-refractivity contribution in [2.24, 2.45) is 0 Å². The zero-order valence-electron chi connectivity index (χ0n) is 8.93. The van der Waals surface area contributed by atoms with Gasteiger partial charge in [-0.15, -0.1) is 26.9 Å². The van der Waals surface area contributed by atoms with E-state index in [-0.39, 0.29) is 0 Å². The smallest absolute Gasteiger partial charge is 0.237 e. The molecule has 0 N–H and O–H groups in total. The standard InChI is InChI=1S/C9H12ClN5O/c1-7-11-13-9(16-7)6-15-5-8(12-14-15)3-2-4-10/h5H,2-4,6H2,1H3. The molecule has 0 spiro atoms. The number of nitrogens with zero attached hydrogens (tertiary/aromatic N) is 5. The van der Waals surface area contributed by atoms with Crippen LogP contribution in [0.3, 0.4) is 0 Å². The quantitative estimate of drug-likeness (QED) is 0.736. The molecule has 7 heteroatoms. The molecule has 0 aromatic carbocycles. The number of aryl methyl sites for hydroxylation is 2. The van der Waals surface area contributed by atoms with Gasteiger partial charge in [-0.2, -0.15) is 0 Å². The molecule has 0 saturated carbocycles. The molecular formula is C9H12ClN5O. The average molecular weight is 242 g/mol. The molecule has 16 heavy (non-hydrogen) atoms. The first-order valence-electron chi connectivity index (χ1n) is 5.02. The Bertz CT molecular complexity index is 452. The first-order chi connectivity index (χ1) is 7.78. The summed E-state index contributed by atoms with van der Waals surface area (Å²) in [5, 5.41) is 15.6. The van der Waals surface area contributed by atoms with E-state index >= 15 is 0 Å². The minimum Gasteiger partial charge on any atom is -0.424 e. The van der Waals surface area contributed by atoms with Crippen LogP contribution in [0.1, 0.15) is 23.9 Å². The van der Waals surface area contributed by atoms with Gasteiger partial charge in [0.1, 0.15) is 6.54 Å². The van der Waals surface area contributed by atoms with E-state index in [1.54, 1.807) is 11.6 Å². The Morgan fingerprint density at radius 3 is 2.94 bits per heavy atom. The summed E-state index contributed by atoms with van der Waals surface area (Å²) in [5.41, 5.74) is 0.928. The lowest BCUT2D eigenvalue weighted by atomic mass is 10.3. The Labute approximate surface area is 97.6 Å². The van der Waals surface area contributed by atoms with Crippen LogP contribution in [0.5, 0.6) is 0 Å². The monoisotopic (exact) mass is 241 g/mol. The molecule has 2 heterocycles. The van der Waals surface area contributed by atoms with Crippen LogP contribution in [0.2, 0.25) is 0 Å². The second-order valence-corrected chi connectivity index (χ2v) is 3.79. The number of halogens is 1. The van der Waals surface area contributed by atoms with Crippen LogP contribution >= 0.6 is 11.6 Å². The number of rotatable bonds is 5. The predicted octanol–water partition coefficient (Wildman–Crippen LogP) is 1.19. The molecule has 2 rings (SSSR count). The normalized spacial score (nSPS) is 10.9. The van der Waals surface area contributed by atoms with E-state index in [4.69, 9.17) is 16.0 Å². The maximum atomic E-state index is 5.60. The van der Waals surface area contributed by atoms with Crippen LogP contribution in [0.4, 0.5) is 0 Å². The third-order valence-corrected chi connectivity index (χ3v) is 2.29. The third kappa shape index (κ3) is 2.79. The molecule has 0 bridgehead atoms. The van der Waals surface area contributed by atoms with Crippen LogP contribution < -0.4 is 0 Å². The van der Waals surface area contributed by atoms with Crippen molar-refractivity contribution in [1.82, 2.24) is 25.2 Å². The van der Waals surface area contributed by atoms with Crippen molar-refractivity contribution < 1.29 is 4.42 Å². The van der Waals surface area contributed by atoms with Crippen molar-refractivity contribution in [2.75, 3.05) is 5.88 Å². The molecule has 0 radical (unpaired) electrons. The van der Waals surface area contributed by atoms with Crippen LogP contribution in [0, 0.1) is 6.92 Å². The summed E-state index contributed by atoms with van der Waals surface area (Å²) in [7, 11) is 0. The van der Waals surface area contributed by atoms with E-state index in [2.05, 4.69) is 20.5 Å². The number of hydrogen-bond acceptors (Lipinski definition) is 5. The highest BCUT2D eigenvalue weighted by Gasteiger charge is 2.05. The fraction of sp³-hybridized carbons (Fsp3) is 0.556. The van der Waals surface area contributed by atoms with E-state index in [1.165, 1.54) is 0 Å². The lowest BCUT2D eigenvalue weighted by molar-refractivity contribution is 0.441. The van der Waals surface area contributed by atoms with Gasteiger partial charge in [-0.25, -0.2) is 4.68 Å². The van der Waals surface area contributed by atoms with Gasteiger partial charge in [-0.05, 0) is 12.8 Å². The van der Waals surface area contributed by atoms with E-state index in [0.717, 1.165) is 18.5 Å². The fourth-order valence-electron chi connectivity index (χ4n) is 1.32. The van der Waals surface area contributed by atoms with Crippen molar-refractivity contribution in [3.05, 3.63) is 23.7 Å². The summed E-state index contributed by atoms with van der Waals surface area (Å²) in [6, 6.07) is 0. The van der Waals surface area contributed by atoms with Gasteiger partial charge in [0, 0.05) is 19.0 Å². The molecule has 0 atom stereocenters. The first kappa shape index (κ1) is 11.1. The zero-order valence-corrected chi connectivity index (χ0v) is 9.68. The molecule has 86 valence electrons. The first-order valence-corrected chi connectivity index (χ1v) is 5.55. The van der Waals surface area contributed by atoms with E-state index < -0.39 is 0 Å². The van der Waals surface area contributed by atoms with E-state index in [9.17, 15) is 0 Å². The molecule has 0 aliphatic carbocycles. The van der Waals surface area contributed by atoms with Crippen molar-refractivity contribution >= 4 is 11.6 Å². The summed E-state index contributed by atoms with van der Waals surface area (Å²) >= 11 is 5.60. The summed E-state index contributed by atoms with van der Waals surface area (Å²) in [5.74, 6) is 1.72. The molecule has 0 amide bonds. The average Bonchev–Trinajstić information content (AvgIpc) is 2.86.